The maximum atomic E-state index is 12.7. The van der Waals surface area contributed by atoms with Gasteiger partial charge in [-0.25, -0.2) is 9.97 Å². The number of hydrogen-bond acceptors (Lipinski definition) is 4. The van der Waals surface area contributed by atoms with E-state index < -0.39 is 0 Å². The average Bonchev–Trinajstić information content (AvgIpc) is 3.31. The molecular weight excluding hydrogens is 410 g/mol. The van der Waals surface area contributed by atoms with E-state index in [0.717, 1.165) is 49.6 Å². The number of rotatable bonds is 6. The van der Waals surface area contributed by atoms with Gasteiger partial charge in [0, 0.05) is 43.5 Å². The molecular formula is C27H29N5O. The normalized spacial score (nSPS) is 16.7. The van der Waals surface area contributed by atoms with E-state index in [2.05, 4.69) is 44.5 Å². The van der Waals surface area contributed by atoms with Gasteiger partial charge >= 0.3 is 0 Å². The van der Waals surface area contributed by atoms with Crippen LogP contribution in [0.5, 0.6) is 0 Å². The molecule has 33 heavy (non-hydrogen) atoms. The average molecular weight is 440 g/mol. The molecule has 1 saturated heterocycles. The monoisotopic (exact) mass is 439 g/mol. The summed E-state index contributed by atoms with van der Waals surface area (Å²) >= 11 is 0. The lowest BCUT2D eigenvalue weighted by molar-refractivity contribution is 0.0949. The van der Waals surface area contributed by atoms with E-state index in [4.69, 9.17) is 4.98 Å². The highest BCUT2D eigenvalue weighted by Crippen LogP contribution is 2.26. The molecule has 0 spiro atoms. The number of likely N-dealkylation sites (tertiary alicyclic amines) is 1. The van der Waals surface area contributed by atoms with Gasteiger partial charge in [-0.3, -0.25) is 9.69 Å². The lowest BCUT2D eigenvalue weighted by atomic mass is 9.96. The van der Waals surface area contributed by atoms with Gasteiger partial charge in [0.15, 0.2) is 0 Å². The van der Waals surface area contributed by atoms with Gasteiger partial charge in [-0.15, -0.1) is 0 Å². The van der Waals surface area contributed by atoms with Crippen LogP contribution in [0.15, 0.2) is 67.0 Å². The van der Waals surface area contributed by atoms with Crippen LogP contribution >= 0.6 is 0 Å². The number of fused-ring (bicyclic) bond motifs is 1. The minimum atomic E-state index is -0.131. The molecule has 0 bridgehead atoms. The van der Waals surface area contributed by atoms with Crippen molar-refractivity contribution < 1.29 is 4.79 Å². The van der Waals surface area contributed by atoms with Gasteiger partial charge in [0.2, 0.25) is 0 Å². The van der Waals surface area contributed by atoms with Crippen LogP contribution in [0.25, 0.3) is 10.9 Å². The molecule has 0 saturated carbocycles. The first kappa shape index (κ1) is 21.3. The lowest BCUT2D eigenvalue weighted by Gasteiger charge is -2.32. The summed E-state index contributed by atoms with van der Waals surface area (Å²) in [6.07, 6.45) is 5.87. The van der Waals surface area contributed by atoms with Crippen molar-refractivity contribution in [3.8, 4) is 0 Å². The minimum absolute atomic E-state index is 0.131. The number of piperidine rings is 1. The van der Waals surface area contributed by atoms with Crippen LogP contribution in [0.3, 0.4) is 0 Å². The zero-order chi connectivity index (χ0) is 22.6. The summed E-state index contributed by atoms with van der Waals surface area (Å²) in [6.45, 7) is 5.34. The molecule has 2 aromatic heterocycles. The van der Waals surface area contributed by atoms with E-state index in [1.165, 1.54) is 16.5 Å². The number of amides is 1. The molecule has 2 N–H and O–H groups in total. The van der Waals surface area contributed by atoms with Crippen LogP contribution in [0.1, 0.15) is 51.8 Å². The summed E-state index contributed by atoms with van der Waals surface area (Å²) in [5, 5.41) is 4.22. The van der Waals surface area contributed by atoms with Crippen molar-refractivity contribution in [2.24, 2.45) is 0 Å². The van der Waals surface area contributed by atoms with Crippen LogP contribution in [0, 0.1) is 6.92 Å². The summed E-state index contributed by atoms with van der Waals surface area (Å²) in [7, 11) is 0. The Kier molecular flexibility index (Phi) is 6.17. The second kappa shape index (κ2) is 9.55. The molecule has 6 heteroatoms. The molecule has 1 fully saturated rings. The molecule has 3 heterocycles. The van der Waals surface area contributed by atoms with Crippen LogP contribution in [-0.4, -0.2) is 38.8 Å². The number of hydrogen-bond donors (Lipinski definition) is 2. The number of aryl methyl sites for hydroxylation is 1. The number of benzene rings is 2. The molecule has 0 radical (unpaired) electrons. The van der Waals surface area contributed by atoms with Crippen LogP contribution < -0.4 is 5.32 Å². The zero-order valence-electron chi connectivity index (χ0n) is 18.9. The standard InChI is InChI=1S/C27H29N5O/c1-19-24(27(33)30-15-20-6-3-2-4-7-20)16-29-26(31-19)23-8-5-13-32(18-23)17-21-9-10-25-22(14-21)11-12-28-25/h2-4,6-7,9-12,14,16,23,28H,5,8,13,15,17-18H2,1H3,(H,30,33)/t23-/m1/s1. The molecule has 1 aliphatic rings. The van der Waals surface area contributed by atoms with Gasteiger partial charge in [-0.05, 0) is 61.0 Å². The largest absolute Gasteiger partial charge is 0.361 e. The van der Waals surface area contributed by atoms with E-state index in [-0.39, 0.29) is 11.8 Å². The van der Waals surface area contributed by atoms with Gasteiger partial charge in [0.05, 0.1) is 11.3 Å². The molecule has 0 aliphatic carbocycles. The minimum Gasteiger partial charge on any atom is -0.361 e. The Morgan fingerprint density at radius 3 is 2.88 bits per heavy atom. The van der Waals surface area contributed by atoms with Crippen molar-refractivity contribution in [2.75, 3.05) is 13.1 Å². The van der Waals surface area contributed by atoms with E-state index >= 15 is 0 Å². The van der Waals surface area contributed by atoms with Gasteiger partial charge in [-0.2, -0.15) is 0 Å². The fourth-order valence-corrected chi connectivity index (χ4v) is 4.65. The highest BCUT2D eigenvalue weighted by Gasteiger charge is 2.24. The van der Waals surface area contributed by atoms with Crippen molar-refractivity contribution in [3.05, 3.63) is 95.2 Å². The van der Waals surface area contributed by atoms with E-state index in [1.807, 2.05) is 43.5 Å². The topological polar surface area (TPSA) is 73.9 Å². The molecule has 4 aromatic rings. The summed E-state index contributed by atoms with van der Waals surface area (Å²) in [5.74, 6) is 1.00. The smallest absolute Gasteiger partial charge is 0.254 e. The molecule has 1 amide bonds. The Bertz CT molecular complexity index is 1250. The van der Waals surface area contributed by atoms with Crippen LogP contribution in [0.2, 0.25) is 0 Å². The number of H-pyrrole nitrogens is 1. The Labute approximate surface area is 194 Å². The van der Waals surface area contributed by atoms with Crippen LogP contribution in [-0.2, 0) is 13.1 Å². The number of aromatic nitrogens is 3. The zero-order valence-corrected chi connectivity index (χ0v) is 18.9. The Balaban J connectivity index is 1.23. The quantitative estimate of drug-likeness (QED) is 0.461. The summed E-state index contributed by atoms with van der Waals surface area (Å²) in [6, 6.07) is 18.6. The molecule has 2 aromatic carbocycles. The van der Waals surface area contributed by atoms with Crippen LogP contribution in [0.4, 0.5) is 0 Å². The Morgan fingerprint density at radius 2 is 2.03 bits per heavy atom. The van der Waals surface area contributed by atoms with Crippen molar-refractivity contribution in [1.82, 2.24) is 25.2 Å². The number of nitrogens with one attached hydrogen (secondary N) is 2. The van der Waals surface area contributed by atoms with Gasteiger partial charge in [0.1, 0.15) is 5.82 Å². The first-order chi connectivity index (χ1) is 16.2. The molecule has 5 rings (SSSR count). The third kappa shape index (κ3) is 4.96. The second-order valence-corrected chi connectivity index (χ2v) is 8.87. The Morgan fingerprint density at radius 1 is 1.15 bits per heavy atom. The van der Waals surface area contributed by atoms with Crippen molar-refractivity contribution in [3.63, 3.8) is 0 Å². The summed E-state index contributed by atoms with van der Waals surface area (Å²) in [5.41, 5.74) is 4.85. The van der Waals surface area contributed by atoms with Crippen molar-refractivity contribution in [1.29, 1.82) is 0 Å². The van der Waals surface area contributed by atoms with Crippen molar-refractivity contribution >= 4 is 16.8 Å². The van der Waals surface area contributed by atoms with Gasteiger partial charge in [0.25, 0.3) is 5.91 Å². The SMILES string of the molecule is Cc1nc([C@@H]2CCCN(Cc3ccc4[nH]ccc4c3)C2)ncc1C(=O)NCc1ccccc1. The van der Waals surface area contributed by atoms with E-state index in [9.17, 15) is 4.79 Å². The molecule has 1 aliphatic heterocycles. The maximum Gasteiger partial charge on any atom is 0.254 e. The number of carbonyl (C=O) groups is 1. The highest BCUT2D eigenvalue weighted by atomic mass is 16.1. The fourth-order valence-electron chi connectivity index (χ4n) is 4.65. The van der Waals surface area contributed by atoms with Gasteiger partial charge in [-0.1, -0.05) is 36.4 Å². The number of aromatic amines is 1. The molecule has 168 valence electrons. The highest BCUT2D eigenvalue weighted by molar-refractivity contribution is 5.94. The summed E-state index contributed by atoms with van der Waals surface area (Å²) in [4.78, 5) is 27.8. The Hall–Kier alpha value is -3.51. The predicted molar refractivity (Wildman–Crippen MR) is 130 cm³/mol. The fraction of sp³-hybridized carbons (Fsp3) is 0.296. The second-order valence-electron chi connectivity index (χ2n) is 8.87. The predicted octanol–water partition coefficient (Wildman–Crippen LogP) is 4.58. The third-order valence-electron chi connectivity index (χ3n) is 6.43. The lowest BCUT2D eigenvalue weighted by Crippen LogP contribution is -2.34. The van der Waals surface area contributed by atoms with E-state index in [0.29, 0.717) is 12.1 Å². The van der Waals surface area contributed by atoms with E-state index in [1.54, 1.807) is 6.20 Å². The summed E-state index contributed by atoms with van der Waals surface area (Å²) < 4.78 is 0. The molecule has 1 atom stereocenters. The first-order valence-electron chi connectivity index (χ1n) is 11.6. The van der Waals surface area contributed by atoms with Crippen molar-refractivity contribution in [2.45, 2.75) is 38.8 Å². The third-order valence-corrected chi connectivity index (χ3v) is 6.43. The maximum absolute atomic E-state index is 12.7. The first-order valence-corrected chi connectivity index (χ1v) is 11.6. The molecule has 0 unspecified atom stereocenters. The van der Waals surface area contributed by atoms with Gasteiger partial charge < -0.3 is 10.3 Å². The number of carbonyl (C=O) groups excluding carboxylic acids is 1. The molecule has 6 nitrogen and oxygen atoms in total. The number of nitrogens with zero attached hydrogens (tertiary/aromatic N) is 3.